The lowest BCUT2D eigenvalue weighted by atomic mass is 10.1. The average molecular weight is 278 g/mol. The summed E-state index contributed by atoms with van der Waals surface area (Å²) in [5, 5.41) is 28.0. The van der Waals surface area contributed by atoms with Crippen LogP contribution in [0.4, 0.5) is 5.69 Å². The van der Waals surface area contributed by atoms with E-state index in [-0.39, 0.29) is 12.3 Å². The molecule has 0 amide bonds. The van der Waals surface area contributed by atoms with E-state index in [9.17, 15) is 15.2 Å². The SMILES string of the molecule is CC(O)c1cc([N+](=O)[O-])ccc1OCc1cn(C)nn1. The molecule has 0 saturated heterocycles. The van der Waals surface area contributed by atoms with Gasteiger partial charge < -0.3 is 9.84 Å². The number of ether oxygens (including phenoxy) is 1. The van der Waals surface area contributed by atoms with Crippen LogP contribution in [-0.4, -0.2) is 25.0 Å². The normalized spacial score (nSPS) is 12.2. The number of hydrogen-bond donors (Lipinski definition) is 1. The second-order valence-corrected chi connectivity index (χ2v) is 4.33. The summed E-state index contributed by atoms with van der Waals surface area (Å²) in [6.45, 7) is 1.69. The van der Waals surface area contributed by atoms with Gasteiger partial charge in [0.2, 0.25) is 0 Å². The van der Waals surface area contributed by atoms with E-state index in [0.29, 0.717) is 17.0 Å². The fourth-order valence-electron chi connectivity index (χ4n) is 1.72. The first-order valence-electron chi connectivity index (χ1n) is 5.92. The van der Waals surface area contributed by atoms with E-state index in [4.69, 9.17) is 4.74 Å². The summed E-state index contributed by atoms with van der Waals surface area (Å²) in [6, 6.07) is 4.10. The second kappa shape index (κ2) is 5.66. The Balaban J connectivity index is 2.20. The number of rotatable bonds is 5. The van der Waals surface area contributed by atoms with Crippen LogP contribution in [0.1, 0.15) is 24.3 Å². The summed E-state index contributed by atoms with van der Waals surface area (Å²) in [7, 11) is 1.74. The van der Waals surface area contributed by atoms with Gasteiger partial charge in [0.25, 0.3) is 5.69 Å². The van der Waals surface area contributed by atoms with E-state index in [1.165, 1.54) is 25.1 Å². The molecule has 1 heterocycles. The Morgan fingerprint density at radius 2 is 2.30 bits per heavy atom. The van der Waals surface area contributed by atoms with Crippen molar-refractivity contribution in [2.24, 2.45) is 7.05 Å². The summed E-state index contributed by atoms with van der Waals surface area (Å²) in [5.41, 5.74) is 0.901. The topological polar surface area (TPSA) is 103 Å². The van der Waals surface area contributed by atoms with Crippen LogP contribution in [0.15, 0.2) is 24.4 Å². The van der Waals surface area contributed by atoms with E-state index in [1.807, 2.05) is 0 Å². The van der Waals surface area contributed by atoms with Crippen molar-refractivity contribution in [1.29, 1.82) is 0 Å². The molecule has 2 aromatic rings. The molecule has 0 bridgehead atoms. The smallest absolute Gasteiger partial charge is 0.270 e. The number of non-ortho nitro benzene ring substituents is 1. The Labute approximate surface area is 114 Å². The monoisotopic (exact) mass is 278 g/mol. The van der Waals surface area contributed by atoms with Gasteiger partial charge in [-0.15, -0.1) is 5.10 Å². The molecule has 1 N–H and O–H groups in total. The molecule has 0 fully saturated rings. The zero-order valence-electron chi connectivity index (χ0n) is 11.1. The molecule has 0 saturated carbocycles. The van der Waals surface area contributed by atoms with Crippen molar-refractivity contribution >= 4 is 5.69 Å². The Hall–Kier alpha value is -2.48. The Bertz CT molecular complexity index is 624. The maximum atomic E-state index is 10.7. The maximum absolute atomic E-state index is 10.7. The summed E-state index contributed by atoms with van der Waals surface area (Å²) < 4.78 is 7.08. The molecule has 0 spiro atoms. The molecule has 1 unspecified atom stereocenters. The highest BCUT2D eigenvalue weighted by Gasteiger charge is 2.15. The van der Waals surface area contributed by atoms with Gasteiger partial charge in [0.05, 0.1) is 17.2 Å². The van der Waals surface area contributed by atoms with E-state index in [1.54, 1.807) is 17.9 Å². The molecule has 8 heteroatoms. The molecular weight excluding hydrogens is 264 g/mol. The third-order valence-corrected chi connectivity index (χ3v) is 2.68. The van der Waals surface area contributed by atoms with Gasteiger partial charge in [0.15, 0.2) is 0 Å². The van der Waals surface area contributed by atoms with Crippen molar-refractivity contribution in [3.63, 3.8) is 0 Å². The molecule has 1 atom stereocenters. The van der Waals surface area contributed by atoms with Crippen LogP contribution in [0.5, 0.6) is 5.75 Å². The van der Waals surface area contributed by atoms with Crippen molar-refractivity contribution in [3.8, 4) is 5.75 Å². The highest BCUT2D eigenvalue weighted by molar-refractivity contribution is 5.44. The number of aliphatic hydroxyl groups excluding tert-OH is 1. The molecule has 1 aromatic carbocycles. The van der Waals surface area contributed by atoms with Crippen molar-refractivity contribution < 1.29 is 14.8 Å². The molecule has 0 aliphatic carbocycles. The number of nitro groups is 1. The van der Waals surface area contributed by atoms with Gasteiger partial charge in [-0.1, -0.05) is 5.21 Å². The number of aromatic nitrogens is 3. The molecule has 1 aromatic heterocycles. The minimum atomic E-state index is -0.869. The first kappa shape index (κ1) is 13.9. The molecule has 2 rings (SSSR count). The second-order valence-electron chi connectivity index (χ2n) is 4.33. The fraction of sp³-hybridized carbons (Fsp3) is 0.333. The quantitative estimate of drug-likeness (QED) is 0.654. The number of nitro benzene ring substituents is 1. The van der Waals surface area contributed by atoms with Gasteiger partial charge in [0, 0.05) is 24.7 Å². The maximum Gasteiger partial charge on any atom is 0.270 e. The van der Waals surface area contributed by atoms with Crippen LogP contribution >= 0.6 is 0 Å². The van der Waals surface area contributed by atoms with Crippen LogP contribution < -0.4 is 4.74 Å². The van der Waals surface area contributed by atoms with Crippen LogP contribution in [0, 0.1) is 10.1 Å². The van der Waals surface area contributed by atoms with Crippen molar-refractivity contribution in [3.05, 3.63) is 45.8 Å². The van der Waals surface area contributed by atoms with Gasteiger partial charge in [0.1, 0.15) is 18.1 Å². The third kappa shape index (κ3) is 3.09. The number of hydrogen-bond acceptors (Lipinski definition) is 6. The summed E-state index contributed by atoms with van der Waals surface area (Å²) >= 11 is 0. The predicted octanol–water partition coefficient (Wildman–Crippen LogP) is 1.36. The van der Waals surface area contributed by atoms with Crippen LogP contribution in [0.2, 0.25) is 0 Å². The standard InChI is InChI=1S/C12H14N4O4/c1-8(17)11-5-10(16(18)19)3-4-12(11)20-7-9-6-15(2)14-13-9/h3-6,8,17H,7H2,1-2H3. The molecule has 20 heavy (non-hydrogen) atoms. The van der Waals surface area contributed by atoms with Crippen molar-refractivity contribution in [2.45, 2.75) is 19.6 Å². The van der Waals surface area contributed by atoms with Gasteiger partial charge in [-0.3, -0.25) is 14.8 Å². The highest BCUT2D eigenvalue weighted by atomic mass is 16.6. The number of aliphatic hydroxyl groups is 1. The van der Waals surface area contributed by atoms with Crippen LogP contribution in [-0.2, 0) is 13.7 Å². The number of benzene rings is 1. The lowest BCUT2D eigenvalue weighted by molar-refractivity contribution is -0.385. The first-order chi connectivity index (χ1) is 9.47. The summed E-state index contributed by atoms with van der Waals surface area (Å²) in [4.78, 5) is 10.2. The van der Waals surface area contributed by atoms with Crippen LogP contribution in [0.3, 0.4) is 0 Å². The van der Waals surface area contributed by atoms with Gasteiger partial charge >= 0.3 is 0 Å². The van der Waals surface area contributed by atoms with E-state index in [2.05, 4.69) is 10.3 Å². The number of aryl methyl sites for hydroxylation is 1. The highest BCUT2D eigenvalue weighted by Crippen LogP contribution is 2.29. The summed E-state index contributed by atoms with van der Waals surface area (Å²) in [5.74, 6) is 0.385. The van der Waals surface area contributed by atoms with E-state index < -0.39 is 11.0 Å². The van der Waals surface area contributed by atoms with E-state index >= 15 is 0 Å². The summed E-state index contributed by atoms with van der Waals surface area (Å²) in [6.07, 6.45) is 0.833. The third-order valence-electron chi connectivity index (χ3n) is 2.68. The lowest BCUT2D eigenvalue weighted by Gasteiger charge is -2.12. The fourth-order valence-corrected chi connectivity index (χ4v) is 1.72. The first-order valence-corrected chi connectivity index (χ1v) is 5.92. The largest absolute Gasteiger partial charge is 0.487 e. The molecule has 8 nitrogen and oxygen atoms in total. The molecular formula is C12H14N4O4. The molecule has 0 aliphatic rings. The predicted molar refractivity (Wildman–Crippen MR) is 69.1 cm³/mol. The lowest BCUT2D eigenvalue weighted by Crippen LogP contribution is -2.02. The Morgan fingerprint density at radius 3 is 2.85 bits per heavy atom. The molecule has 106 valence electrons. The Morgan fingerprint density at radius 1 is 1.55 bits per heavy atom. The van der Waals surface area contributed by atoms with Gasteiger partial charge in [-0.25, -0.2) is 0 Å². The Kier molecular flexibility index (Phi) is 3.94. The van der Waals surface area contributed by atoms with Crippen LogP contribution in [0.25, 0.3) is 0 Å². The number of nitrogens with zero attached hydrogens (tertiary/aromatic N) is 4. The zero-order chi connectivity index (χ0) is 14.7. The van der Waals surface area contributed by atoms with Gasteiger partial charge in [-0.05, 0) is 13.0 Å². The van der Waals surface area contributed by atoms with Crippen molar-refractivity contribution in [2.75, 3.05) is 0 Å². The average Bonchev–Trinajstić information content (AvgIpc) is 2.81. The molecule has 0 radical (unpaired) electrons. The van der Waals surface area contributed by atoms with Crippen molar-refractivity contribution in [1.82, 2.24) is 15.0 Å². The van der Waals surface area contributed by atoms with E-state index in [0.717, 1.165) is 0 Å². The van der Waals surface area contributed by atoms with Gasteiger partial charge in [-0.2, -0.15) is 0 Å². The minimum absolute atomic E-state index is 0.0900. The molecule has 0 aliphatic heterocycles. The minimum Gasteiger partial charge on any atom is -0.487 e. The zero-order valence-corrected chi connectivity index (χ0v) is 11.1.